The lowest BCUT2D eigenvalue weighted by atomic mass is 9.95. The van der Waals surface area contributed by atoms with Crippen LogP contribution in [0.15, 0.2) is 34.7 Å². The van der Waals surface area contributed by atoms with Gasteiger partial charge in [-0.2, -0.15) is 0 Å². The number of aromatic nitrogens is 2. The molecule has 0 radical (unpaired) electrons. The zero-order chi connectivity index (χ0) is 13.4. The van der Waals surface area contributed by atoms with Crippen molar-refractivity contribution in [3.63, 3.8) is 0 Å². The second-order valence-corrected chi connectivity index (χ2v) is 6.03. The van der Waals surface area contributed by atoms with Gasteiger partial charge in [-0.25, -0.2) is 0 Å². The topological polar surface area (TPSA) is 51.0 Å². The molecule has 2 aliphatic carbocycles. The predicted octanol–water partition coefficient (Wildman–Crippen LogP) is 3.01. The first-order chi connectivity index (χ1) is 9.88. The smallest absolute Gasteiger partial charge is 0.247 e. The average molecular weight is 269 g/mol. The van der Waals surface area contributed by atoms with Crippen molar-refractivity contribution in [2.75, 3.05) is 0 Å². The number of hydrogen-bond acceptors (Lipinski definition) is 4. The van der Waals surface area contributed by atoms with Crippen molar-refractivity contribution in [1.82, 2.24) is 15.5 Å². The number of hydrogen-bond donors (Lipinski definition) is 1. The van der Waals surface area contributed by atoms with Gasteiger partial charge in [0.25, 0.3) is 0 Å². The van der Waals surface area contributed by atoms with Crippen LogP contribution in [0.1, 0.15) is 31.6 Å². The first kappa shape index (κ1) is 12.1. The summed E-state index contributed by atoms with van der Waals surface area (Å²) >= 11 is 0. The molecule has 4 rings (SSSR count). The maximum Gasteiger partial charge on any atom is 0.247 e. The standard InChI is InChI=1S/C16H19N3O/c1-2-4-12(5-3-1)16-19-18-15(20-16)10-17-14-9-11-6-7-13(14)8-11/h1-5,11,13-14,17H,6-10H2. The summed E-state index contributed by atoms with van der Waals surface area (Å²) in [7, 11) is 0. The van der Waals surface area contributed by atoms with Gasteiger partial charge in [0.2, 0.25) is 11.8 Å². The third-order valence-corrected chi connectivity index (χ3v) is 4.74. The van der Waals surface area contributed by atoms with Crippen LogP contribution in [0, 0.1) is 11.8 Å². The second-order valence-electron chi connectivity index (χ2n) is 6.03. The van der Waals surface area contributed by atoms with Gasteiger partial charge in [-0.3, -0.25) is 0 Å². The fourth-order valence-electron chi connectivity index (χ4n) is 3.74. The van der Waals surface area contributed by atoms with E-state index in [1.54, 1.807) is 0 Å². The summed E-state index contributed by atoms with van der Waals surface area (Å²) in [4.78, 5) is 0. The van der Waals surface area contributed by atoms with Gasteiger partial charge in [0.05, 0.1) is 6.54 Å². The SMILES string of the molecule is c1ccc(-c2nnc(CNC3CC4CCC3C4)o2)cc1. The van der Waals surface area contributed by atoms with Gasteiger partial charge in [0.15, 0.2) is 0 Å². The monoisotopic (exact) mass is 269 g/mol. The third kappa shape index (κ3) is 2.24. The molecular weight excluding hydrogens is 250 g/mol. The van der Waals surface area contributed by atoms with Crippen LogP contribution in [-0.4, -0.2) is 16.2 Å². The molecule has 2 aromatic rings. The Morgan fingerprint density at radius 3 is 2.75 bits per heavy atom. The van der Waals surface area contributed by atoms with Crippen LogP contribution in [0.3, 0.4) is 0 Å². The molecule has 0 saturated heterocycles. The van der Waals surface area contributed by atoms with Crippen molar-refractivity contribution >= 4 is 0 Å². The van der Waals surface area contributed by atoms with Crippen LogP contribution in [0.25, 0.3) is 11.5 Å². The van der Waals surface area contributed by atoms with Crippen molar-refractivity contribution < 1.29 is 4.42 Å². The highest BCUT2D eigenvalue weighted by Crippen LogP contribution is 2.44. The Morgan fingerprint density at radius 1 is 1.10 bits per heavy atom. The summed E-state index contributed by atoms with van der Waals surface area (Å²) in [6.45, 7) is 0.688. The van der Waals surface area contributed by atoms with E-state index in [1.807, 2.05) is 30.3 Å². The average Bonchev–Trinajstić information content (AvgIpc) is 3.22. The highest BCUT2D eigenvalue weighted by atomic mass is 16.4. The molecule has 3 atom stereocenters. The Balaban J connectivity index is 1.39. The molecule has 3 unspecified atom stereocenters. The summed E-state index contributed by atoms with van der Waals surface area (Å²) < 4.78 is 5.72. The van der Waals surface area contributed by atoms with Crippen molar-refractivity contribution in [3.05, 3.63) is 36.2 Å². The molecule has 2 saturated carbocycles. The van der Waals surface area contributed by atoms with Crippen LogP contribution in [0.2, 0.25) is 0 Å². The molecule has 4 heteroatoms. The van der Waals surface area contributed by atoms with Gasteiger partial charge >= 0.3 is 0 Å². The largest absolute Gasteiger partial charge is 0.419 e. The molecule has 1 N–H and O–H groups in total. The first-order valence-corrected chi connectivity index (χ1v) is 7.49. The minimum Gasteiger partial charge on any atom is -0.419 e. The van der Waals surface area contributed by atoms with E-state index in [0.29, 0.717) is 24.4 Å². The minimum absolute atomic E-state index is 0.607. The van der Waals surface area contributed by atoms with Crippen LogP contribution in [0.4, 0.5) is 0 Å². The normalized spacial score (nSPS) is 28.1. The molecule has 0 aliphatic heterocycles. The molecule has 1 aromatic carbocycles. The van der Waals surface area contributed by atoms with Gasteiger partial charge < -0.3 is 9.73 Å². The van der Waals surface area contributed by atoms with Crippen LogP contribution in [-0.2, 0) is 6.54 Å². The molecule has 0 amide bonds. The minimum atomic E-state index is 0.607. The van der Waals surface area contributed by atoms with Crippen molar-refractivity contribution in [3.8, 4) is 11.5 Å². The van der Waals surface area contributed by atoms with Gasteiger partial charge in [0, 0.05) is 11.6 Å². The molecule has 4 nitrogen and oxygen atoms in total. The van der Waals surface area contributed by atoms with Crippen LogP contribution in [0.5, 0.6) is 0 Å². The maximum atomic E-state index is 5.72. The Hall–Kier alpha value is -1.68. The van der Waals surface area contributed by atoms with E-state index in [9.17, 15) is 0 Å². The lowest BCUT2D eigenvalue weighted by molar-refractivity contribution is 0.335. The quantitative estimate of drug-likeness (QED) is 0.927. The molecule has 104 valence electrons. The summed E-state index contributed by atoms with van der Waals surface area (Å²) in [5, 5.41) is 11.9. The highest BCUT2D eigenvalue weighted by Gasteiger charge is 2.39. The van der Waals surface area contributed by atoms with Gasteiger partial charge in [-0.15, -0.1) is 10.2 Å². The van der Waals surface area contributed by atoms with E-state index in [2.05, 4.69) is 15.5 Å². The van der Waals surface area contributed by atoms with E-state index in [-0.39, 0.29) is 0 Å². The molecule has 0 spiro atoms. The molecule has 2 bridgehead atoms. The molecule has 2 aliphatic rings. The summed E-state index contributed by atoms with van der Waals surface area (Å²) in [6, 6.07) is 10.6. The molecule has 1 aromatic heterocycles. The lowest BCUT2D eigenvalue weighted by Crippen LogP contribution is -2.33. The van der Waals surface area contributed by atoms with Crippen molar-refractivity contribution in [1.29, 1.82) is 0 Å². The van der Waals surface area contributed by atoms with E-state index in [0.717, 1.165) is 17.4 Å². The first-order valence-electron chi connectivity index (χ1n) is 7.49. The van der Waals surface area contributed by atoms with Crippen molar-refractivity contribution in [2.24, 2.45) is 11.8 Å². The number of rotatable bonds is 4. The summed E-state index contributed by atoms with van der Waals surface area (Å²) in [5.74, 6) is 3.12. The highest BCUT2D eigenvalue weighted by molar-refractivity contribution is 5.51. The van der Waals surface area contributed by atoms with E-state index in [4.69, 9.17) is 4.42 Å². The fourth-order valence-corrected chi connectivity index (χ4v) is 3.74. The number of nitrogens with one attached hydrogen (secondary N) is 1. The van der Waals surface area contributed by atoms with Crippen LogP contribution >= 0.6 is 0 Å². The molecule has 2 fully saturated rings. The number of fused-ring (bicyclic) bond motifs is 2. The molecular formula is C16H19N3O. The lowest BCUT2D eigenvalue weighted by Gasteiger charge is -2.21. The van der Waals surface area contributed by atoms with E-state index in [1.165, 1.54) is 25.7 Å². The predicted molar refractivity (Wildman–Crippen MR) is 75.8 cm³/mol. The Bertz CT molecular complexity index is 580. The number of benzene rings is 1. The van der Waals surface area contributed by atoms with Gasteiger partial charge in [-0.1, -0.05) is 24.6 Å². The van der Waals surface area contributed by atoms with Crippen molar-refractivity contribution in [2.45, 2.75) is 38.3 Å². The third-order valence-electron chi connectivity index (χ3n) is 4.74. The van der Waals surface area contributed by atoms with Gasteiger partial charge in [0.1, 0.15) is 0 Å². The molecule has 1 heterocycles. The Morgan fingerprint density at radius 2 is 2.00 bits per heavy atom. The van der Waals surface area contributed by atoms with Gasteiger partial charge in [-0.05, 0) is 43.2 Å². The van der Waals surface area contributed by atoms with E-state index < -0.39 is 0 Å². The second kappa shape index (κ2) is 5.02. The van der Waals surface area contributed by atoms with Crippen LogP contribution < -0.4 is 5.32 Å². The fraction of sp³-hybridized carbons (Fsp3) is 0.500. The molecule has 20 heavy (non-hydrogen) atoms. The zero-order valence-electron chi connectivity index (χ0n) is 11.5. The Labute approximate surface area is 118 Å². The van der Waals surface area contributed by atoms with E-state index >= 15 is 0 Å². The summed E-state index contributed by atoms with van der Waals surface area (Å²) in [6.07, 6.45) is 5.56. The zero-order valence-corrected chi connectivity index (χ0v) is 11.5. The summed E-state index contributed by atoms with van der Waals surface area (Å²) in [5.41, 5.74) is 0.978. The Kier molecular flexibility index (Phi) is 3.03. The maximum absolute atomic E-state index is 5.72. The number of nitrogens with zero attached hydrogens (tertiary/aromatic N) is 2.